The summed E-state index contributed by atoms with van der Waals surface area (Å²) in [5.41, 5.74) is 3.64. The van der Waals surface area contributed by atoms with Gasteiger partial charge in [-0.05, 0) is 91.1 Å². The Kier molecular flexibility index (Phi) is 17.1. The normalized spacial score (nSPS) is 11.8. The van der Waals surface area contributed by atoms with E-state index in [9.17, 15) is 19.2 Å². The topological polar surface area (TPSA) is 148 Å². The highest BCUT2D eigenvalue weighted by molar-refractivity contribution is 6.76. The number of nitrogens with one attached hydrogen (secondary N) is 2. The summed E-state index contributed by atoms with van der Waals surface area (Å²) in [5, 5.41) is 5.15. The molecule has 2 N–H and O–H groups in total. The minimum Gasteiger partial charge on any atom is -0.488 e. The van der Waals surface area contributed by atoms with Gasteiger partial charge in [-0.15, -0.1) is 0 Å². The summed E-state index contributed by atoms with van der Waals surface area (Å²) in [6.45, 7) is 12.3. The molecule has 0 unspecified atom stereocenters. The van der Waals surface area contributed by atoms with Crippen LogP contribution in [0.4, 0.5) is 9.59 Å². The van der Waals surface area contributed by atoms with Crippen molar-refractivity contribution in [2.45, 2.75) is 71.9 Å². The molecule has 0 spiro atoms. The number of hydrogen-bond donors (Lipinski definition) is 2. The van der Waals surface area contributed by atoms with Crippen LogP contribution >= 0.6 is 0 Å². The van der Waals surface area contributed by atoms with E-state index in [0.717, 1.165) is 22.7 Å². The summed E-state index contributed by atoms with van der Waals surface area (Å²) in [4.78, 5) is 53.0. The van der Waals surface area contributed by atoms with E-state index < -0.39 is 37.8 Å². The molecule has 64 heavy (non-hydrogen) atoms. The van der Waals surface area contributed by atoms with Crippen LogP contribution in [0, 0.1) is 0 Å². The van der Waals surface area contributed by atoms with E-state index in [1.165, 1.54) is 19.3 Å². The Hall–Kier alpha value is -7.12. The minimum atomic E-state index is -1.57. The van der Waals surface area contributed by atoms with E-state index in [4.69, 9.17) is 28.4 Å². The van der Waals surface area contributed by atoms with Crippen molar-refractivity contribution in [3.63, 3.8) is 0 Å². The summed E-state index contributed by atoms with van der Waals surface area (Å²) < 4.78 is 34.3. The third-order valence-electron chi connectivity index (χ3n) is 9.22. The van der Waals surface area contributed by atoms with E-state index >= 15 is 0 Å². The number of methoxy groups -OCH3 is 1. The van der Waals surface area contributed by atoms with Gasteiger partial charge in [-0.2, -0.15) is 0 Å². The van der Waals surface area contributed by atoms with Crippen LogP contribution < -0.4 is 20.1 Å². The maximum atomic E-state index is 13.8. The Morgan fingerprint density at radius 2 is 1.00 bits per heavy atom. The van der Waals surface area contributed by atoms with E-state index in [0.29, 0.717) is 33.8 Å². The second kappa shape index (κ2) is 22.8. The van der Waals surface area contributed by atoms with E-state index in [2.05, 4.69) is 30.3 Å². The molecule has 0 saturated heterocycles. The first-order valence-corrected chi connectivity index (χ1v) is 24.5. The van der Waals surface area contributed by atoms with Crippen LogP contribution in [0.5, 0.6) is 11.5 Å². The van der Waals surface area contributed by atoms with Crippen LogP contribution in [0.1, 0.15) is 48.6 Å². The molecule has 5 aromatic rings. The monoisotopic (exact) mass is 884 g/mol. The van der Waals surface area contributed by atoms with Gasteiger partial charge in [-0.3, -0.25) is 10.6 Å². The molecule has 13 heteroatoms. The summed E-state index contributed by atoms with van der Waals surface area (Å²) in [6, 6.07) is 39.9. The van der Waals surface area contributed by atoms with Gasteiger partial charge in [0.2, 0.25) is 0 Å². The Balaban J connectivity index is 1.59. The van der Waals surface area contributed by atoms with Gasteiger partial charge < -0.3 is 28.4 Å². The van der Waals surface area contributed by atoms with Crippen LogP contribution in [0.2, 0.25) is 25.7 Å². The van der Waals surface area contributed by atoms with Gasteiger partial charge in [0, 0.05) is 19.2 Å². The molecule has 0 fully saturated rings. The maximum Gasteiger partial charge on any atom is 0.412 e. The van der Waals surface area contributed by atoms with Gasteiger partial charge >= 0.3 is 24.1 Å². The fourth-order valence-corrected chi connectivity index (χ4v) is 6.65. The zero-order valence-electron chi connectivity index (χ0n) is 37.4. The van der Waals surface area contributed by atoms with Crippen LogP contribution in [-0.2, 0) is 48.4 Å². The molecule has 0 aromatic heterocycles. The quantitative estimate of drug-likeness (QED) is 0.0377. The number of alkyl carbamates (subject to hydrolysis) is 2. The molecule has 2 amide bonds. The van der Waals surface area contributed by atoms with Crippen molar-refractivity contribution in [2.75, 3.05) is 13.7 Å². The molecular formula is C51H56N2O10Si. The molecule has 12 nitrogen and oxygen atoms in total. The first-order valence-electron chi connectivity index (χ1n) is 20.8. The lowest BCUT2D eigenvalue weighted by atomic mass is 9.99. The number of amides is 2. The van der Waals surface area contributed by atoms with E-state index in [1.54, 1.807) is 45.0 Å². The maximum absolute atomic E-state index is 13.8. The van der Waals surface area contributed by atoms with Crippen molar-refractivity contribution in [3.8, 4) is 22.6 Å². The molecule has 0 bridgehead atoms. The van der Waals surface area contributed by atoms with Gasteiger partial charge in [-0.1, -0.05) is 123 Å². The highest BCUT2D eigenvalue weighted by Crippen LogP contribution is 2.33. The van der Waals surface area contributed by atoms with E-state index in [-0.39, 0.29) is 37.8 Å². The van der Waals surface area contributed by atoms with Crippen LogP contribution in [0.15, 0.2) is 139 Å². The molecule has 5 aromatic carbocycles. The number of carbonyl (C=O) groups is 4. The second-order valence-corrected chi connectivity index (χ2v) is 22.5. The van der Waals surface area contributed by atoms with Gasteiger partial charge in [0.25, 0.3) is 0 Å². The molecule has 5 rings (SSSR count). The standard InChI is InChI=1S/C51H56N2O10Si/c1-51(2,3)63-50(57)53-43(47(54)58-4)31-41-29-39(23-25-45(41)60-33-36-17-11-8-12-18-36)40-24-26-46(61-34-37-19-13-9-14-20-37)42(30-40)32-44(48(55)59-27-28-64(5,6)7)52-49(56)62-35-38-21-15-10-16-22-38/h8-26,29-32H,27-28,33-35H2,1-7H3,(H,52,56)(H,53,57)/b43-31-,44-32-. The van der Waals surface area contributed by atoms with Crippen molar-refractivity contribution >= 4 is 44.4 Å². The lowest BCUT2D eigenvalue weighted by molar-refractivity contribution is -0.139. The van der Waals surface area contributed by atoms with Crippen LogP contribution in [0.3, 0.4) is 0 Å². The number of benzene rings is 5. The largest absolute Gasteiger partial charge is 0.488 e. The molecule has 0 atom stereocenters. The number of ether oxygens (including phenoxy) is 6. The van der Waals surface area contributed by atoms with E-state index in [1.807, 2.05) is 103 Å². The first kappa shape index (κ1) is 47.9. The Morgan fingerprint density at radius 3 is 1.44 bits per heavy atom. The first-order chi connectivity index (χ1) is 30.5. The molecule has 0 aliphatic carbocycles. The van der Waals surface area contributed by atoms with Gasteiger partial charge in [0.1, 0.15) is 48.3 Å². The molecule has 0 aliphatic rings. The van der Waals surface area contributed by atoms with Crippen LogP contribution in [-0.4, -0.2) is 51.5 Å². The number of esters is 2. The lowest BCUT2D eigenvalue weighted by Gasteiger charge is -2.20. The molecular weight excluding hydrogens is 829 g/mol. The Labute approximate surface area is 376 Å². The smallest absolute Gasteiger partial charge is 0.412 e. The Morgan fingerprint density at radius 1 is 0.562 bits per heavy atom. The van der Waals surface area contributed by atoms with Gasteiger partial charge in [0.15, 0.2) is 0 Å². The fraction of sp³-hybridized carbons (Fsp3) is 0.255. The molecule has 0 radical (unpaired) electrons. The van der Waals surface area contributed by atoms with Gasteiger partial charge in [-0.25, -0.2) is 19.2 Å². The number of carbonyl (C=O) groups excluding carboxylic acids is 4. The summed E-state index contributed by atoms with van der Waals surface area (Å²) >= 11 is 0. The zero-order valence-corrected chi connectivity index (χ0v) is 38.4. The lowest BCUT2D eigenvalue weighted by Crippen LogP contribution is -2.34. The molecule has 0 aliphatic heterocycles. The fourth-order valence-electron chi connectivity index (χ4n) is 5.94. The molecule has 0 saturated carbocycles. The predicted molar refractivity (Wildman–Crippen MR) is 250 cm³/mol. The minimum absolute atomic E-state index is 0.0155. The SMILES string of the molecule is COC(=O)/C(=C/c1cc(-c2ccc(OCc3ccccc3)c(/C=C(\NC(=O)OCc3ccccc3)C(=O)OCC[Si](C)(C)C)c2)ccc1OCc1ccccc1)NC(=O)OC(C)(C)C. The highest BCUT2D eigenvalue weighted by atomic mass is 28.3. The molecule has 334 valence electrons. The average Bonchev–Trinajstić information content (AvgIpc) is 3.26. The van der Waals surface area contributed by atoms with Crippen molar-refractivity contribution in [1.82, 2.24) is 10.6 Å². The van der Waals surface area contributed by atoms with Crippen LogP contribution in [0.25, 0.3) is 23.3 Å². The van der Waals surface area contributed by atoms with Crippen molar-refractivity contribution in [2.24, 2.45) is 0 Å². The summed E-state index contributed by atoms with van der Waals surface area (Å²) in [6.07, 6.45) is 1.27. The van der Waals surface area contributed by atoms with Crippen molar-refractivity contribution in [3.05, 3.63) is 167 Å². The van der Waals surface area contributed by atoms with Gasteiger partial charge in [0.05, 0.1) is 13.7 Å². The number of hydrogen-bond acceptors (Lipinski definition) is 10. The third-order valence-corrected chi connectivity index (χ3v) is 10.9. The Bertz CT molecular complexity index is 2420. The zero-order chi connectivity index (χ0) is 46.1. The second-order valence-electron chi connectivity index (χ2n) is 16.9. The summed E-state index contributed by atoms with van der Waals surface area (Å²) in [7, 11) is -0.366. The highest BCUT2D eigenvalue weighted by Gasteiger charge is 2.23. The number of rotatable bonds is 18. The van der Waals surface area contributed by atoms with Crippen molar-refractivity contribution < 1.29 is 47.6 Å². The summed E-state index contributed by atoms with van der Waals surface area (Å²) in [5.74, 6) is -0.729. The predicted octanol–water partition coefficient (Wildman–Crippen LogP) is 10.7. The average molecular weight is 885 g/mol. The molecule has 0 heterocycles. The van der Waals surface area contributed by atoms with Crippen molar-refractivity contribution in [1.29, 1.82) is 0 Å². The third kappa shape index (κ3) is 16.0.